The van der Waals surface area contributed by atoms with Crippen molar-refractivity contribution in [3.05, 3.63) is 58.1 Å². The summed E-state index contributed by atoms with van der Waals surface area (Å²) in [5.41, 5.74) is -6.88. The fourth-order valence-corrected chi connectivity index (χ4v) is 4.12. The molecule has 1 fully saturated rings. The van der Waals surface area contributed by atoms with Crippen molar-refractivity contribution in [3.8, 4) is 11.1 Å². The number of alkyl halides is 9. The summed E-state index contributed by atoms with van der Waals surface area (Å²) in [6.45, 7) is 0.541. The van der Waals surface area contributed by atoms with Gasteiger partial charge in [-0.25, -0.2) is 0 Å². The highest BCUT2D eigenvalue weighted by atomic mass is 19.4. The van der Waals surface area contributed by atoms with Gasteiger partial charge in [-0.3, -0.25) is 4.79 Å². The molecule has 2 aromatic carbocycles. The van der Waals surface area contributed by atoms with Crippen LogP contribution in [0.25, 0.3) is 11.1 Å². The molecule has 0 spiro atoms. The molecule has 0 aromatic heterocycles. The molecule has 2 aliphatic heterocycles. The summed E-state index contributed by atoms with van der Waals surface area (Å²) in [6, 6.07) is 1.34. The minimum absolute atomic E-state index is 0.0959. The van der Waals surface area contributed by atoms with Crippen LogP contribution in [-0.2, 0) is 18.5 Å². The van der Waals surface area contributed by atoms with Crippen molar-refractivity contribution < 1.29 is 44.3 Å². The number of nitrogens with zero attached hydrogens (tertiary/aromatic N) is 1. The van der Waals surface area contributed by atoms with Crippen LogP contribution in [0.4, 0.5) is 39.5 Å². The van der Waals surface area contributed by atoms with Gasteiger partial charge in [0.1, 0.15) is 0 Å². The molecule has 0 unspecified atom stereocenters. The molecule has 0 aliphatic carbocycles. The van der Waals surface area contributed by atoms with E-state index < -0.39 is 63.9 Å². The Labute approximate surface area is 174 Å². The summed E-state index contributed by atoms with van der Waals surface area (Å²) in [4.78, 5) is 13.8. The Balaban J connectivity index is 1.98. The van der Waals surface area contributed by atoms with Crippen molar-refractivity contribution >= 4 is 5.91 Å². The lowest BCUT2D eigenvalue weighted by Gasteiger charge is -2.30. The standard InChI is InChI=1S/C20H13F9N2O/c21-18(22,23)10-1-2-11(13(7-10)19(24,25)26)9-5-12-15-8-30-3-4-31(15)17(32)16(12)14(6-9)20(27,28)29/h1-2,5-7,15,30H,3-4,8H2/t15-/m0/s1. The molecular weight excluding hydrogens is 455 g/mol. The normalized spacial score (nSPS) is 19.2. The molecule has 1 atom stereocenters. The molecule has 172 valence electrons. The van der Waals surface area contributed by atoms with Gasteiger partial charge >= 0.3 is 18.5 Å². The first-order chi connectivity index (χ1) is 14.7. The van der Waals surface area contributed by atoms with Crippen LogP contribution in [-0.4, -0.2) is 30.4 Å². The largest absolute Gasteiger partial charge is 0.417 e. The molecule has 3 nitrogen and oxygen atoms in total. The number of nitrogens with one attached hydrogen (secondary N) is 1. The minimum atomic E-state index is -5.26. The first-order valence-electron chi connectivity index (χ1n) is 9.25. The van der Waals surface area contributed by atoms with Crippen molar-refractivity contribution in [1.29, 1.82) is 0 Å². The summed E-state index contributed by atoms with van der Waals surface area (Å²) in [6.07, 6.45) is -15.4. The van der Waals surface area contributed by atoms with Gasteiger partial charge in [0.15, 0.2) is 0 Å². The number of carbonyl (C=O) groups is 1. The Bertz CT molecular complexity index is 1090. The lowest BCUT2D eigenvalue weighted by Crippen LogP contribution is -2.44. The van der Waals surface area contributed by atoms with Crippen LogP contribution in [0.2, 0.25) is 0 Å². The Morgan fingerprint density at radius 1 is 0.844 bits per heavy atom. The third-order valence-corrected chi connectivity index (χ3v) is 5.51. The summed E-state index contributed by atoms with van der Waals surface area (Å²) >= 11 is 0. The molecular formula is C20H13F9N2O. The fraction of sp³-hybridized carbons (Fsp3) is 0.350. The zero-order chi connectivity index (χ0) is 23.6. The molecule has 0 bridgehead atoms. The van der Waals surface area contributed by atoms with Gasteiger partial charge in [0, 0.05) is 19.6 Å². The maximum atomic E-state index is 13.8. The third kappa shape index (κ3) is 3.70. The van der Waals surface area contributed by atoms with E-state index in [0.717, 1.165) is 6.07 Å². The number of hydrogen-bond acceptors (Lipinski definition) is 2. The smallest absolute Gasteiger partial charge is 0.329 e. The SMILES string of the molecule is O=C1c2c(cc(-c3ccc(C(F)(F)F)cc3C(F)(F)F)cc2C(F)(F)F)[C@@H]2CNCCN12. The van der Waals surface area contributed by atoms with Gasteiger partial charge < -0.3 is 10.2 Å². The molecule has 32 heavy (non-hydrogen) atoms. The lowest BCUT2D eigenvalue weighted by molar-refractivity contribution is -0.142. The fourth-order valence-electron chi connectivity index (χ4n) is 4.12. The second-order valence-corrected chi connectivity index (χ2v) is 7.46. The van der Waals surface area contributed by atoms with E-state index in [4.69, 9.17) is 0 Å². The van der Waals surface area contributed by atoms with Gasteiger partial charge in [-0.15, -0.1) is 0 Å². The van der Waals surface area contributed by atoms with E-state index in [-0.39, 0.29) is 24.7 Å². The van der Waals surface area contributed by atoms with Crippen LogP contribution in [0.1, 0.15) is 38.7 Å². The van der Waals surface area contributed by atoms with Crippen molar-refractivity contribution in [1.82, 2.24) is 10.2 Å². The molecule has 0 saturated carbocycles. The molecule has 4 rings (SSSR count). The van der Waals surface area contributed by atoms with Gasteiger partial charge in [-0.05, 0) is 41.0 Å². The summed E-state index contributed by atoms with van der Waals surface area (Å²) in [5.74, 6) is -0.881. The van der Waals surface area contributed by atoms with Gasteiger partial charge in [0.2, 0.25) is 0 Å². The van der Waals surface area contributed by atoms with Crippen molar-refractivity contribution in [2.24, 2.45) is 0 Å². The maximum absolute atomic E-state index is 13.8. The minimum Gasteiger partial charge on any atom is -0.329 e. The van der Waals surface area contributed by atoms with E-state index in [1.165, 1.54) is 4.90 Å². The number of rotatable bonds is 1. The number of amides is 1. The first kappa shape index (κ1) is 22.4. The van der Waals surface area contributed by atoms with E-state index in [0.29, 0.717) is 24.7 Å². The molecule has 1 N–H and O–H groups in total. The first-order valence-corrected chi connectivity index (χ1v) is 9.25. The van der Waals surface area contributed by atoms with Crippen LogP contribution < -0.4 is 5.32 Å². The van der Waals surface area contributed by atoms with E-state index in [9.17, 15) is 44.3 Å². The topological polar surface area (TPSA) is 32.3 Å². The number of piperazine rings is 1. The molecule has 2 aromatic rings. The quantitative estimate of drug-likeness (QED) is 0.560. The Morgan fingerprint density at radius 3 is 2.09 bits per heavy atom. The third-order valence-electron chi connectivity index (χ3n) is 5.51. The monoisotopic (exact) mass is 468 g/mol. The summed E-state index contributed by atoms with van der Waals surface area (Å²) in [5, 5.41) is 2.91. The predicted octanol–water partition coefficient (Wildman–Crippen LogP) is 5.51. The average molecular weight is 468 g/mol. The van der Waals surface area contributed by atoms with Gasteiger partial charge in [0.05, 0.1) is 28.3 Å². The van der Waals surface area contributed by atoms with Gasteiger partial charge in [-0.2, -0.15) is 39.5 Å². The molecule has 2 aliphatic rings. The number of fused-ring (bicyclic) bond motifs is 3. The van der Waals surface area contributed by atoms with Crippen molar-refractivity contribution in [3.63, 3.8) is 0 Å². The maximum Gasteiger partial charge on any atom is 0.417 e. The predicted molar refractivity (Wildman–Crippen MR) is 93.5 cm³/mol. The molecule has 2 heterocycles. The number of benzene rings is 2. The van der Waals surface area contributed by atoms with Crippen LogP contribution >= 0.6 is 0 Å². The lowest BCUT2D eigenvalue weighted by atomic mass is 9.90. The van der Waals surface area contributed by atoms with Crippen molar-refractivity contribution in [2.75, 3.05) is 19.6 Å². The molecule has 0 radical (unpaired) electrons. The van der Waals surface area contributed by atoms with Crippen LogP contribution in [0.3, 0.4) is 0 Å². The zero-order valence-corrected chi connectivity index (χ0v) is 15.8. The van der Waals surface area contributed by atoms with Crippen LogP contribution in [0, 0.1) is 0 Å². The van der Waals surface area contributed by atoms with Crippen molar-refractivity contribution in [2.45, 2.75) is 24.6 Å². The van der Waals surface area contributed by atoms with Gasteiger partial charge in [0.25, 0.3) is 5.91 Å². The summed E-state index contributed by atoms with van der Waals surface area (Å²) in [7, 11) is 0. The highest BCUT2D eigenvalue weighted by molar-refractivity contribution is 6.02. The number of carbonyl (C=O) groups excluding carboxylic acids is 1. The summed E-state index contributed by atoms with van der Waals surface area (Å²) < 4.78 is 121. The van der Waals surface area contributed by atoms with E-state index >= 15 is 0 Å². The second-order valence-electron chi connectivity index (χ2n) is 7.46. The highest BCUT2D eigenvalue weighted by Crippen LogP contribution is 2.47. The van der Waals surface area contributed by atoms with E-state index in [1.54, 1.807) is 0 Å². The highest BCUT2D eigenvalue weighted by Gasteiger charge is 2.46. The van der Waals surface area contributed by atoms with E-state index in [2.05, 4.69) is 5.32 Å². The Morgan fingerprint density at radius 2 is 1.50 bits per heavy atom. The molecule has 1 amide bonds. The van der Waals surface area contributed by atoms with E-state index in [1.807, 2.05) is 0 Å². The Hall–Kier alpha value is -2.76. The van der Waals surface area contributed by atoms with Crippen LogP contribution in [0.15, 0.2) is 30.3 Å². The van der Waals surface area contributed by atoms with Crippen LogP contribution in [0.5, 0.6) is 0 Å². The average Bonchev–Trinajstić information content (AvgIpc) is 2.97. The number of halogens is 9. The Kier molecular flexibility index (Phi) is 4.99. The molecule has 1 saturated heterocycles. The molecule has 12 heteroatoms. The second kappa shape index (κ2) is 7.12. The number of hydrogen-bond donors (Lipinski definition) is 1. The van der Waals surface area contributed by atoms with Gasteiger partial charge in [-0.1, -0.05) is 6.07 Å². The zero-order valence-electron chi connectivity index (χ0n) is 15.8.